The van der Waals surface area contributed by atoms with Gasteiger partial charge in [0, 0.05) is 12.5 Å². The quantitative estimate of drug-likeness (QED) is 0.531. The van der Waals surface area contributed by atoms with Gasteiger partial charge in [-0.1, -0.05) is 49.4 Å². The van der Waals surface area contributed by atoms with Gasteiger partial charge < -0.3 is 5.32 Å². The molecule has 0 unspecified atom stereocenters. The molecule has 176 valence electrons. The van der Waals surface area contributed by atoms with Crippen molar-refractivity contribution in [2.24, 2.45) is 0 Å². The third kappa shape index (κ3) is 4.05. The van der Waals surface area contributed by atoms with Gasteiger partial charge in [0.2, 0.25) is 0 Å². The van der Waals surface area contributed by atoms with E-state index in [0.717, 1.165) is 41.5 Å². The van der Waals surface area contributed by atoms with Gasteiger partial charge in [0.25, 0.3) is 11.8 Å². The van der Waals surface area contributed by atoms with Gasteiger partial charge in [-0.2, -0.15) is 5.01 Å². The Bertz CT molecular complexity index is 1200. The second kappa shape index (κ2) is 9.15. The van der Waals surface area contributed by atoms with Crippen LogP contribution in [0, 0.1) is 0 Å². The molecule has 0 spiro atoms. The van der Waals surface area contributed by atoms with Crippen molar-refractivity contribution in [3.8, 4) is 0 Å². The molecule has 3 aromatic rings. The monoisotopic (exact) mass is 477 g/mol. The Kier molecular flexibility index (Phi) is 6.05. The van der Waals surface area contributed by atoms with Gasteiger partial charge in [-0.3, -0.25) is 19.9 Å². The zero-order valence-electron chi connectivity index (χ0n) is 19.0. The second-order valence-electron chi connectivity index (χ2n) is 8.82. The molecule has 4 amide bonds. The maximum atomic E-state index is 13.2. The maximum Gasteiger partial charge on any atom is 0.344 e. The first-order valence-corrected chi connectivity index (χ1v) is 12.4. The van der Waals surface area contributed by atoms with Crippen molar-refractivity contribution in [3.05, 3.63) is 65.2 Å². The zero-order valence-corrected chi connectivity index (χ0v) is 19.8. The normalized spacial score (nSPS) is 23.3. The summed E-state index contributed by atoms with van der Waals surface area (Å²) in [6, 6.07) is 16.6. The Morgan fingerprint density at radius 1 is 1.18 bits per heavy atom. The van der Waals surface area contributed by atoms with Crippen molar-refractivity contribution in [2.45, 2.75) is 37.6 Å². The Balaban J connectivity index is 1.24. The molecule has 2 atom stereocenters. The van der Waals surface area contributed by atoms with E-state index in [9.17, 15) is 14.4 Å². The van der Waals surface area contributed by atoms with Crippen LogP contribution < -0.4 is 10.7 Å². The molecule has 2 aliphatic heterocycles. The smallest absolute Gasteiger partial charge is 0.318 e. The van der Waals surface area contributed by atoms with Gasteiger partial charge in [0.15, 0.2) is 0 Å². The molecular weight excluding hydrogens is 450 g/mol. The van der Waals surface area contributed by atoms with Gasteiger partial charge in [0.05, 0.1) is 21.8 Å². The van der Waals surface area contributed by atoms with E-state index in [4.69, 9.17) is 4.98 Å². The van der Waals surface area contributed by atoms with Gasteiger partial charge in [-0.25, -0.2) is 9.78 Å². The Morgan fingerprint density at radius 2 is 1.94 bits per heavy atom. The number of benzene rings is 2. The summed E-state index contributed by atoms with van der Waals surface area (Å²) < 4.78 is 1.17. The summed E-state index contributed by atoms with van der Waals surface area (Å²) in [6.07, 6.45) is 2.37. The van der Waals surface area contributed by atoms with Gasteiger partial charge in [-0.05, 0) is 43.5 Å². The van der Waals surface area contributed by atoms with E-state index >= 15 is 0 Å². The van der Waals surface area contributed by atoms with Crippen LogP contribution in [0.1, 0.15) is 42.7 Å². The number of rotatable bonds is 6. The number of piperidine rings is 1. The number of thiazole rings is 1. The molecule has 5 rings (SSSR count). The first-order chi connectivity index (χ1) is 16.5. The third-order valence-electron chi connectivity index (χ3n) is 6.66. The summed E-state index contributed by atoms with van der Waals surface area (Å²) in [7, 11) is 0. The molecule has 2 aromatic carbocycles. The van der Waals surface area contributed by atoms with E-state index in [1.807, 2.05) is 55.5 Å². The molecule has 2 aliphatic rings. The summed E-state index contributed by atoms with van der Waals surface area (Å²) in [5.74, 6) is -0.583. The minimum Gasteiger partial charge on any atom is -0.318 e. The van der Waals surface area contributed by atoms with Crippen LogP contribution in [-0.4, -0.2) is 52.4 Å². The lowest BCUT2D eigenvalue weighted by Crippen LogP contribution is -2.51. The van der Waals surface area contributed by atoms with Gasteiger partial charge >= 0.3 is 6.03 Å². The van der Waals surface area contributed by atoms with Crippen LogP contribution in [0.4, 0.5) is 4.79 Å². The van der Waals surface area contributed by atoms with E-state index in [1.165, 1.54) is 4.70 Å². The number of para-hydroxylation sites is 1. The number of imide groups is 1. The number of hydrogen-bond donors (Lipinski definition) is 2. The minimum atomic E-state index is -1.17. The summed E-state index contributed by atoms with van der Waals surface area (Å²) in [5, 5.41) is 4.71. The molecule has 8 nitrogen and oxygen atoms in total. The molecule has 34 heavy (non-hydrogen) atoms. The standard InChI is InChI=1S/C25H27N5O3S/c1-2-25(18-10-4-3-5-11-18)23(32)30(24(33)27-25)28-21(31)16-29-14-8-9-17(15-29)22-26-19-12-6-7-13-20(19)34-22/h3-7,10-13,17H,2,8-9,14-16H2,1H3,(H,27,33)(H,28,31)/t17-,25-/m0/s1. The largest absolute Gasteiger partial charge is 0.344 e. The highest BCUT2D eigenvalue weighted by Crippen LogP contribution is 2.33. The van der Waals surface area contributed by atoms with Crippen molar-refractivity contribution in [2.75, 3.05) is 19.6 Å². The molecule has 0 bridgehead atoms. The predicted molar refractivity (Wildman–Crippen MR) is 130 cm³/mol. The number of urea groups is 1. The van der Waals surface area contributed by atoms with Crippen LogP contribution in [0.3, 0.4) is 0 Å². The fourth-order valence-corrected chi connectivity index (χ4v) is 5.96. The number of amides is 4. The lowest BCUT2D eigenvalue weighted by atomic mass is 9.87. The number of aromatic nitrogens is 1. The highest BCUT2D eigenvalue weighted by atomic mass is 32.1. The second-order valence-corrected chi connectivity index (χ2v) is 9.89. The lowest BCUT2D eigenvalue weighted by Gasteiger charge is -2.31. The number of hydrogen-bond acceptors (Lipinski definition) is 6. The Labute approximate surface area is 201 Å². The first kappa shape index (κ1) is 22.5. The summed E-state index contributed by atoms with van der Waals surface area (Å²) in [5.41, 5.74) is 3.07. The van der Waals surface area contributed by atoms with Crippen LogP contribution in [0.2, 0.25) is 0 Å². The van der Waals surface area contributed by atoms with Crippen LogP contribution in [0.25, 0.3) is 10.2 Å². The third-order valence-corrected chi connectivity index (χ3v) is 7.86. The van der Waals surface area contributed by atoms with E-state index in [0.29, 0.717) is 12.0 Å². The number of carbonyl (C=O) groups is 3. The molecule has 1 aromatic heterocycles. The molecule has 0 radical (unpaired) electrons. The molecule has 3 heterocycles. The minimum absolute atomic E-state index is 0.114. The molecule has 0 saturated carbocycles. The van der Waals surface area contributed by atoms with Crippen LogP contribution in [0.5, 0.6) is 0 Å². The molecule has 9 heteroatoms. The zero-order chi connectivity index (χ0) is 23.7. The van der Waals surface area contributed by atoms with Gasteiger partial charge in [0.1, 0.15) is 5.54 Å². The van der Waals surface area contributed by atoms with Crippen molar-refractivity contribution in [1.82, 2.24) is 25.6 Å². The number of hydrazine groups is 1. The van der Waals surface area contributed by atoms with E-state index in [1.54, 1.807) is 11.3 Å². The molecule has 0 aliphatic carbocycles. The van der Waals surface area contributed by atoms with Crippen molar-refractivity contribution < 1.29 is 14.4 Å². The topological polar surface area (TPSA) is 94.6 Å². The number of fused-ring (bicyclic) bond motifs is 1. The van der Waals surface area contributed by atoms with E-state index < -0.39 is 17.5 Å². The highest BCUT2D eigenvalue weighted by molar-refractivity contribution is 7.18. The number of likely N-dealkylation sites (tertiary alicyclic amines) is 1. The lowest BCUT2D eigenvalue weighted by molar-refractivity contribution is -0.140. The summed E-state index contributed by atoms with van der Waals surface area (Å²) in [6.45, 7) is 3.46. The van der Waals surface area contributed by atoms with E-state index in [2.05, 4.69) is 21.7 Å². The highest BCUT2D eigenvalue weighted by Gasteiger charge is 2.52. The fraction of sp³-hybridized carbons (Fsp3) is 0.360. The summed E-state index contributed by atoms with van der Waals surface area (Å²) >= 11 is 1.71. The fourth-order valence-electron chi connectivity index (χ4n) is 4.87. The van der Waals surface area contributed by atoms with Gasteiger partial charge in [-0.15, -0.1) is 11.3 Å². The Morgan fingerprint density at radius 3 is 2.71 bits per heavy atom. The number of nitrogens with one attached hydrogen (secondary N) is 2. The Hall–Kier alpha value is -3.30. The van der Waals surface area contributed by atoms with Crippen LogP contribution >= 0.6 is 11.3 Å². The maximum absolute atomic E-state index is 13.2. The molecular formula is C25H27N5O3S. The first-order valence-electron chi connectivity index (χ1n) is 11.6. The van der Waals surface area contributed by atoms with Crippen molar-refractivity contribution in [3.63, 3.8) is 0 Å². The van der Waals surface area contributed by atoms with Crippen LogP contribution in [0.15, 0.2) is 54.6 Å². The van der Waals surface area contributed by atoms with Crippen molar-refractivity contribution >= 4 is 39.4 Å². The predicted octanol–water partition coefficient (Wildman–Crippen LogP) is 3.36. The van der Waals surface area contributed by atoms with Crippen molar-refractivity contribution in [1.29, 1.82) is 0 Å². The average molecular weight is 478 g/mol. The van der Waals surface area contributed by atoms with E-state index in [-0.39, 0.29) is 18.4 Å². The molecule has 2 fully saturated rings. The van der Waals surface area contributed by atoms with Crippen LogP contribution in [-0.2, 0) is 15.1 Å². The number of nitrogens with zero attached hydrogens (tertiary/aromatic N) is 3. The average Bonchev–Trinajstić information content (AvgIpc) is 3.40. The molecule has 2 N–H and O–H groups in total. The number of carbonyl (C=O) groups excluding carboxylic acids is 3. The molecule has 2 saturated heterocycles. The SMILES string of the molecule is CC[C@@]1(c2ccccc2)NC(=O)N(NC(=O)CN2CCC[C@H](c3nc4ccccc4s3)C2)C1=O. The summed E-state index contributed by atoms with van der Waals surface area (Å²) in [4.78, 5) is 45.6.